The molecule has 0 aliphatic carbocycles. The average molecular weight is 274 g/mol. The van der Waals surface area contributed by atoms with Gasteiger partial charge in [0, 0.05) is 5.02 Å². The lowest BCUT2D eigenvalue weighted by Gasteiger charge is -2.19. The maximum atomic E-state index is 6.46. The van der Waals surface area contributed by atoms with Gasteiger partial charge in [0.15, 0.2) is 0 Å². The molecular weight excluding hydrogens is 254 g/mol. The molecule has 0 radical (unpaired) electrons. The standard InChI is InChI=1S/C17H20ClN/c1-10-6-5-7-14(13(10)4)17(19)15-8-12(3)16(18)9-11(15)2/h5-9,17H,19H2,1-4H3. The number of nitrogens with two attached hydrogens (primary N) is 1. The summed E-state index contributed by atoms with van der Waals surface area (Å²) in [6.07, 6.45) is 0. The minimum absolute atomic E-state index is 0.101. The Morgan fingerprint density at radius 1 is 0.895 bits per heavy atom. The minimum atomic E-state index is -0.101. The van der Waals surface area contributed by atoms with Crippen LogP contribution in [0.15, 0.2) is 30.3 Å². The van der Waals surface area contributed by atoms with Gasteiger partial charge in [-0.15, -0.1) is 0 Å². The smallest absolute Gasteiger partial charge is 0.0557 e. The van der Waals surface area contributed by atoms with Gasteiger partial charge in [-0.3, -0.25) is 0 Å². The Morgan fingerprint density at radius 2 is 1.58 bits per heavy atom. The monoisotopic (exact) mass is 273 g/mol. The van der Waals surface area contributed by atoms with Crippen LogP contribution in [0.25, 0.3) is 0 Å². The fourth-order valence-electron chi connectivity index (χ4n) is 2.42. The second-order valence-electron chi connectivity index (χ2n) is 5.22. The average Bonchev–Trinajstić information content (AvgIpc) is 2.36. The van der Waals surface area contributed by atoms with E-state index in [0.29, 0.717) is 0 Å². The van der Waals surface area contributed by atoms with Gasteiger partial charge < -0.3 is 5.73 Å². The lowest BCUT2D eigenvalue weighted by atomic mass is 9.90. The number of hydrogen-bond donors (Lipinski definition) is 1. The molecule has 0 fully saturated rings. The number of rotatable bonds is 2. The molecule has 0 saturated heterocycles. The summed E-state index contributed by atoms with van der Waals surface area (Å²) in [6, 6.07) is 10.3. The fourth-order valence-corrected chi connectivity index (χ4v) is 2.63. The minimum Gasteiger partial charge on any atom is -0.320 e. The van der Waals surface area contributed by atoms with Crippen LogP contribution >= 0.6 is 11.6 Å². The van der Waals surface area contributed by atoms with E-state index in [4.69, 9.17) is 17.3 Å². The van der Waals surface area contributed by atoms with Gasteiger partial charge in [0.05, 0.1) is 6.04 Å². The van der Waals surface area contributed by atoms with Crippen molar-refractivity contribution in [3.63, 3.8) is 0 Å². The second kappa shape index (κ2) is 5.36. The molecule has 1 nitrogen and oxygen atoms in total. The molecule has 1 unspecified atom stereocenters. The van der Waals surface area contributed by atoms with Crippen molar-refractivity contribution in [2.45, 2.75) is 33.7 Å². The second-order valence-corrected chi connectivity index (χ2v) is 5.63. The third-order valence-corrected chi connectivity index (χ3v) is 4.27. The van der Waals surface area contributed by atoms with Crippen LogP contribution in [0, 0.1) is 27.7 Å². The molecule has 2 heteroatoms. The predicted molar refractivity (Wildman–Crippen MR) is 82.9 cm³/mol. The van der Waals surface area contributed by atoms with Crippen LogP contribution < -0.4 is 5.73 Å². The maximum Gasteiger partial charge on any atom is 0.0557 e. The van der Waals surface area contributed by atoms with Crippen molar-refractivity contribution in [2.24, 2.45) is 5.73 Å². The zero-order valence-corrected chi connectivity index (χ0v) is 12.7. The van der Waals surface area contributed by atoms with E-state index in [1.165, 1.54) is 16.7 Å². The normalized spacial score (nSPS) is 12.5. The summed E-state index contributed by atoms with van der Waals surface area (Å²) >= 11 is 6.15. The van der Waals surface area contributed by atoms with E-state index in [2.05, 4.69) is 45.0 Å². The number of benzene rings is 2. The van der Waals surface area contributed by atoms with Gasteiger partial charge in [0.2, 0.25) is 0 Å². The highest BCUT2D eigenvalue weighted by molar-refractivity contribution is 6.31. The summed E-state index contributed by atoms with van der Waals surface area (Å²) in [6.45, 7) is 8.32. The molecule has 0 aromatic heterocycles. The van der Waals surface area contributed by atoms with Gasteiger partial charge in [0.1, 0.15) is 0 Å². The molecule has 0 aliphatic heterocycles. The van der Waals surface area contributed by atoms with Crippen molar-refractivity contribution < 1.29 is 0 Å². The van der Waals surface area contributed by atoms with E-state index in [0.717, 1.165) is 21.7 Å². The molecule has 2 rings (SSSR count). The molecule has 0 heterocycles. The number of halogens is 1. The summed E-state index contributed by atoms with van der Waals surface area (Å²) in [7, 11) is 0. The molecule has 1 atom stereocenters. The third kappa shape index (κ3) is 2.68. The highest BCUT2D eigenvalue weighted by atomic mass is 35.5. The number of hydrogen-bond acceptors (Lipinski definition) is 1. The fraction of sp³-hybridized carbons (Fsp3) is 0.294. The Kier molecular flexibility index (Phi) is 3.98. The summed E-state index contributed by atoms with van der Waals surface area (Å²) < 4.78 is 0. The van der Waals surface area contributed by atoms with Crippen LogP contribution in [0.5, 0.6) is 0 Å². The Labute approximate surface area is 120 Å². The van der Waals surface area contributed by atoms with E-state index in [9.17, 15) is 0 Å². The molecule has 0 spiro atoms. The Hall–Kier alpha value is -1.31. The Bertz CT molecular complexity index is 617. The van der Waals surface area contributed by atoms with Gasteiger partial charge >= 0.3 is 0 Å². The van der Waals surface area contributed by atoms with Gasteiger partial charge in [-0.05, 0) is 67.1 Å². The van der Waals surface area contributed by atoms with E-state index in [1.54, 1.807) is 0 Å². The molecule has 2 aromatic rings. The highest BCUT2D eigenvalue weighted by Gasteiger charge is 2.15. The molecule has 19 heavy (non-hydrogen) atoms. The maximum absolute atomic E-state index is 6.46. The molecular formula is C17H20ClN. The van der Waals surface area contributed by atoms with Crippen molar-refractivity contribution in [3.05, 3.63) is 68.7 Å². The van der Waals surface area contributed by atoms with Crippen LogP contribution in [0.2, 0.25) is 5.02 Å². The van der Waals surface area contributed by atoms with Gasteiger partial charge in [-0.25, -0.2) is 0 Å². The summed E-state index contributed by atoms with van der Waals surface area (Å²) in [5.41, 5.74) is 13.6. The van der Waals surface area contributed by atoms with Crippen molar-refractivity contribution in [1.29, 1.82) is 0 Å². The first-order chi connectivity index (χ1) is 8.91. The highest BCUT2D eigenvalue weighted by Crippen LogP contribution is 2.29. The first kappa shape index (κ1) is 14.1. The van der Waals surface area contributed by atoms with Gasteiger partial charge in [-0.1, -0.05) is 35.9 Å². The summed E-state index contributed by atoms with van der Waals surface area (Å²) in [5.74, 6) is 0. The van der Waals surface area contributed by atoms with Crippen LogP contribution in [0.1, 0.15) is 39.4 Å². The molecule has 0 saturated carbocycles. The molecule has 2 aromatic carbocycles. The molecule has 0 bridgehead atoms. The lowest BCUT2D eigenvalue weighted by Crippen LogP contribution is -2.15. The molecule has 0 aliphatic rings. The predicted octanol–water partition coefficient (Wildman–Crippen LogP) is 4.62. The first-order valence-electron chi connectivity index (χ1n) is 6.50. The summed E-state index contributed by atoms with van der Waals surface area (Å²) in [4.78, 5) is 0. The van der Waals surface area contributed by atoms with Crippen molar-refractivity contribution >= 4 is 11.6 Å². The van der Waals surface area contributed by atoms with Crippen molar-refractivity contribution in [3.8, 4) is 0 Å². The van der Waals surface area contributed by atoms with Crippen molar-refractivity contribution in [2.75, 3.05) is 0 Å². The SMILES string of the molecule is Cc1cc(C(N)c2cccc(C)c2C)c(C)cc1Cl. The number of aryl methyl sites for hydroxylation is 3. The topological polar surface area (TPSA) is 26.0 Å². The first-order valence-corrected chi connectivity index (χ1v) is 6.88. The lowest BCUT2D eigenvalue weighted by molar-refractivity contribution is 0.848. The van der Waals surface area contributed by atoms with Gasteiger partial charge in [0.25, 0.3) is 0 Å². The van der Waals surface area contributed by atoms with E-state index in [1.807, 2.05) is 13.0 Å². The molecule has 0 amide bonds. The van der Waals surface area contributed by atoms with E-state index >= 15 is 0 Å². The van der Waals surface area contributed by atoms with Gasteiger partial charge in [-0.2, -0.15) is 0 Å². The molecule has 100 valence electrons. The zero-order valence-electron chi connectivity index (χ0n) is 11.9. The van der Waals surface area contributed by atoms with Crippen LogP contribution in [-0.2, 0) is 0 Å². The Balaban J connectivity index is 2.53. The van der Waals surface area contributed by atoms with Crippen LogP contribution in [0.3, 0.4) is 0 Å². The zero-order chi connectivity index (χ0) is 14.2. The largest absolute Gasteiger partial charge is 0.320 e. The van der Waals surface area contributed by atoms with Crippen LogP contribution in [0.4, 0.5) is 0 Å². The van der Waals surface area contributed by atoms with E-state index < -0.39 is 0 Å². The van der Waals surface area contributed by atoms with Crippen LogP contribution in [-0.4, -0.2) is 0 Å². The third-order valence-electron chi connectivity index (χ3n) is 3.86. The summed E-state index contributed by atoms with van der Waals surface area (Å²) in [5, 5.41) is 0.800. The quantitative estimate of drug-likeness (QED) is 0.849. The van der Waals surface area contributed by atoms with Crippen molar-refractivity contribution in [1.82, 2.24) is 0 Å². The Morgan fingerprint density at radius 3 is 2.26 bits per heavy atom. The van der Waals surface area contributed by atoms with E-state index in [-0.39, 0.29) is 6.04 Å². The molecule has 2 N–H and O–H groups in total.